The zero-order valence-electron chi connectivity index (χ0n) is 14.5. The molecule has 2 heterocycles. The van der Waals surface area contributed by atoms with Crippen molar-refractivity contribution in [2.75, 3.05) is 16.4 Å². The summed E-state index contributed by atoms with van der Waals surface area (Å²) >= 11 is 0. The van der Waals surface area contributed by atoms with E-state index >= 15 is 0 Å². The summed E-state index contributed by atoms with van der Waals surface area (Å²) in [4.78, 5) is 20.9. The monoisotopic (exact) mass is 356 g/mol. The van der Waals surface area contributed by atoms with E-state index in [9.17, 15) is 4.79 Å². The summed E-state index contributed by atoms with van der Waals surface area (Å²) in [6.07, 6.45) is 8.21. The molecule has 7 N–H and O–H groups in total. The molecule has 0 radical (unpaired) electrons. The molecule has 138 valence electrons. The third-order valence-corrected chi connectivity index (χ3v) is 5.07. The van der Waals surface area contributed by atoms with Gasteiger partial charge in [-0.3, -0.25) is 9.89 Å². The molecule has 26 heavy (non-hydrogen) atoms. The van der Waals surface area contributed by atoms with E-state index in [1.165, 1.54) is 19.2 Å². The van der Waals surface area contributed by atoms with Crippen LogP contribution in [0.1, 0.15) is 61.7 Å². The standard InChI is InChI=1S/C17H24N8O/c18-14(17(26)23-12-7-11(24-25-12)9-5-6-9)13-15(19)20-8-21-16(13)22-10-3-1-2-4-10/h7-10,14H,1-6,18H2,(H3,19,20,21,22)(H2,23,24,25,26). The van der Waals surface area contributed by atoms with E-state index in [-0.39, 0.29) is 5.82 Å². The predicted octanol–water partition coefficient (Wildman–Crippen LogP) is 1.65. The van der Waals surface area contributed by atoms with Gasteiger partial charge in [0.05, 0.1) is 5.56 Å². The molecular formula is C17H24N8O. The number of hydrogen-bond acceptors (Lipinski definition) is 7. The van der Waals surface area contributed by atoms with Crippen molar-refractivity contribution in [3.05, 3.63) is 23.7 Å². The topological polar surface area (TPSA) is 148 Å². The van der Waals surface area contributed by atoms with Gasteiger partial charge < -0.3 is 22.1 Å². The number of aromatic nitrogens is 4. The first-order chi connectivity index (χ1) is 12.6. The van der Waals surface area contributed by atoms with Gasteiger partial charge in [0.2, 0.25) is 5.91 Å². The van der Waals surface area contributed by atoms with Gasteiger partial charge in [0.25, 0.3) is 0 Å². The van der Waals surface area contributed by atoms with Crippen LogP contribution in [0.3, 0.4) is 0 Å². The number of hydrogen-bond donors (Lipinski definition) is 5. The molecule has 0 aliphatic heterocycles. The van der Waals surface area contributed by atoms with Gasteiger partial charge in [-0.05, 0) is 25.7 Å². The largest absolute Gasteiger partial charge is 0.383 e. The van der Waals surface area contributed by atoms with Crippen LogP contribution in [0.25, 0.3) is 0 Å². The van der Waals surface area contributed by atoms with Gasteiger partial charge in [-0.1, -0.05) is 12.8 Å². The van der Waals surface area contributed by atoms with Crippen LogP contribution in [0, 0.1) is 0 Å². The van der Waals surface area contributed by atoms with E-state index in [1.807, 2.05) is 6.07 Å². The molecule has 0 bridgehead atoms. The van der Waals surface area contributed by atoms with Crippen LogP contribution in [0.5, 0.6) is 0 Å². The van der Waals surface area contributed by atoms with Crippen LogP contribution in [0.2, 0.25) is 0 Å². The lowest BCUT2D eigenvalue weighted by Crippen LogP contribution is -2.31. The van der Waals surface area contributed by atoms with Crippen molar-refractivity contribution in [2.24, 2.45) is 5.73 Å². The summed E-state index contributed by atoms with van der Waals surface area (Å²) < 4.78 is 0. The molecule has 9 heteroatoms. The Kier molecular flexibility index (Phi) is 4.46. The second kappa shape index (κ2) is 6.91. The number of rotatable bonds is 6. The van der Waals surface area contributed by atoms with Crippen molar-refractivity contribution in [1.29, 1.82) is 0 Å². The molecule has 0 saturated heterocycles. The third kappa shape index (κ3) is 3.48. The van der Waals surface area contributed by atoms with Gasteiger partial charge in [-0.2, -0.15) is 5.10 Å². The van der Waals surface area contributed by atoms with E-state index in [4.69, 9.17) is 11.5 Å². The number of anilines is 3. The summed E-state index contributed by atoms with van der Waals surface area (Å²) in [6.45, 7) is 0. The highest BCUT2D eigenvalue weighted by molar-refractivity contribution is 5.96. The molecule has 2 aromatic heterocycles. The normalized spacial score (nSPS) is 18.7. The van der Waals surface area contributed by atoms with Gasteiger partial charge in [0.15, 0.2) is 5.82 Å². The third-order valence-electron chi connectivity index (χ3n) is 5.07. The van der Waals surface area contributed by atoms with Crippen molar-refractivity contribution in [2.45, 2.75) is 56.5 Å². The minimum absolute atomic E-state index is 0.212. The highest BCUT2D eigenvalue weighted by Gasteiger charge is 2.28. The van der Waals surface area contributed by atoms with Crippen LogP contribution in [-0.4, -0.2) is 32.1 Å². The molecule has 2 saturated carbocycles. The average Bonchev–Trinajstić information content (AvgIpc) is 3.14. The molecule has 1 atom stereocenters. The van der Waals surface area contributed by atoms with Gasteiger partial charge in [-0.15, -0.1) is 0 Å². The van der Waals surface area contributed by atoms with Crippen LogP contribution >= 0.6 is 0 Å². The van der Waals surface area contributed by atoms with E-state index in [1.54, 1.807) is 0 Å². The van der Waals surface area contributed by atoms with Gasteiger partial charge in [0.1, 0.15) is 24.0 Å². The zero-order valence-corrected chi connectivity index (χ0v) is 14.5. The number of nitrogens with zero attached hydrogens (tertiary/aromatic N) is 3. The van der Waals surface area contributed by atoms with E-state index in [2.05, 4.69) is 30.8 Å². The molecule has 2 fully saturated rings. The second-order valence-electron chi connectivity index (χ2n) is 7.10. The molecule has 2 aromatic rings. The fraction of sp³-hybridized carbons (Fsp3) is 0.529. The predicted molar refractivity (Wildman–Crippen MR) is 98.4 cm³/mol. The lowest BCUT2D eigenvalue weighted by molar-refractivity contribution is -0.117. The summed E-state index contributed by atoms with van der Waals surface area (Å²) in [5.41, 5.74) is 13.7. The number of carbonyl (C=O) groups excluding carboxylic acids is 1. The Morgan fingerprint density at radius 2 is 2.00 bits per heavy atom. The number of nitrogens with two attached hydrogens (primary N) is 2. The first-order valence-electron chi connectivity index (χ1n) is 9.10. The molecule has 2 aliphatic rings. The smallest absolute Gasteiger partial charge is 0.247 e. The van der Waals surface area contributed by atoms with Crippen LogP contribution in [-0.2, 0) is 4.79 Å². The number of carbonyl (C=O) groups is 1. The second-order valence-corrected chi connectivity index (χ2v) is 7.10. The van der Waals surface area contributed by atoms with Crippen LogP contribution in [0.4, 0.5) is 17.5 Å². The number of nitrogens with one attached hydrogen (secondary N) is 3. The lowest BCUT2D eigenvalue weighted by Gasteiger charge is -2.20. The summed E-state index contributed by atoms with van der Waals surface area (Å²) in [6, 6.07) is 1.19. The van der Waals surface area contributed by atoms with Crippen molar-refractivity contribution in [1.82, 2.24) is 20.2 Å². The Morgan fingerprint density at radius 1 is 1.23 bits per heavy atom. The maximum atomic E-state index is 12.6. The highest BCUT2D eigenvalue weighted by Crippen LogP contribution is 2.39. The molecule has 1 unspecified atom stereocenters. The van der Waals surface area contributed by atoms with Gasteiger partial charge in [-0.25, -0.2) is 9.97 Å². The fourth-order valence-electron chi connectivity index (χ4n) is 3.43. The molecule has 0 spiro atoms. The first-order valence-corrected chi connectivity index (χ1v) is 9.10. The Hall–Kier alpha value is -2.68. The first kappa shape index (κ1) is 16.8. The summed E-state index contributed by atoms with van der Waals surface area (Å²) in [5.74, 6) is 1.35. The molecule has 2 aliphatic carbocycles. The molecule has 1 amide bonds. The minimum Gasteiger partial charge on any atom is -0.383 e. The van der Waals surface area contributed by atoms with E-state index in [0.717, 1.165) is 31.4 Å². The van der Waals surface area contributed by atoms with Crippen LogP contribution in [0.15, 0.2) is 12.4 Å². The van der Waals surface area contributed by atoms with Gasteiger partial charge >= 0.3 is 0 Å². The SMILES string of the molecule is Nc1ncnc(NC2CCCC2)c1C(N)C(=O)Nc1cc(C2CC2)[nH]n1. The fourth-order valence-corrected chi connectivity index (χ4v) is 3.43. The number of H-pyrrole nitrogens is 1. The van der Waals surface area contributed by atoms with Crippen molar-refractivity contribution in [3.63, 3.8) is 0 Å². The van der Waals surface area contributed by atoms with Gasteiger partial charge in [0, 0.05) is 23.7 Å². The van der Waals surface area contributed by atoms with Crippen LogP contribution < -0.4 is 22.1 Å². The quantitative estimate of drug-likeness (QED) is 0.528. The van der Waals surface area contributed by atoms with Crippen molar-refractivity contribution < 1.29 is 4.79 Å². The Bertz CT molecular complexity index is 794. The maximum Gasteiger partial charge on any atom is 0.247 e. The summed E-state index contributed by atoms with van der Waals surface area (Å²) in [5, 5.41) is 13.2. The molecule has 4 rings (SSSR count). The van der Waals surface area contributed by atoms with E-state index < -0.39 is 11.9 Å². The highest BCUT2D eigenvalue weighted by atomic mass is 16.2. The molecular weight excluding hydrogens is 332 g/mol. The molecule has 9 nitrogen and oxygen atoms in total. The minimum atomic E-state index is -0.985. The molecule has 0 aromatic carbocycles. The number of nitrogen functional groups attached to an aromatic ring is 1. The van der Waals surface area contributed by atoms with Crippen molar-refractivity contribution in [3.8, 4) is 0 Å². The number of aromatic amines is 1. The summed E-state index contributed by atoms with van der Waals surface area (Å²) in [7, 11) is 0. The van der Waals surface area contributed by atoms with Crippen molar-refractivity contribution >= 4 is 23.4 Å². The Morgan fingerprint density at radius 3 is 2.73 bits per heavy atom. The zero-order chi connectivity index (χ0) is 18.1. The lowest BCUT2D eigenvalue weighted by atomic mass is 10.1. The number of amides is 1. The Labute approximate surface area is 151 Å². The Balaban J connectivity index is 1.50. The van der Waals surface area contributed by atoms with E-state index in [0.29, 0.717) is 29.2 Å². The average molecular weight is 356 g/mol. The maximum absolute atomic E-state index is 12.6.